The van der Waals surface area contributed by atoms with Crippen molar-refractivity contribution in [2.75, 3.05) is 31.6 Å². The maximum absolute atomic E-state index is 14.7. The molecule has 212 valence electrons. The second-order valence-electron chi connectivity index (χ2n) is 11.3. The molecule has 4 rings (SSSR count). The van der Waals surface area contributed by atoms with Crippen LogP contribution in [0.4, 0.5) is 5.69 Å². The standard InChI is InChI=1S/C30H40ClN3O5/c1-7-16-32(6)26(36)23-24-27(37)34(22(18-35)19(4)5)25(30(24)15-14-29(23,9-3)39-30)28(38)33(17-8-2)21-13-11-10-12-20(21)31/h7-8,10-13,19,22-25,35H,1-2,9,14-18H2,3-6H3/t22-,23-,24-,25?,29+,30?/m0/s1. The third kappa shape index (κ3) is 4.41. The number of amides is 3. The predicted octanol–water partition coefficient (Wildman–Crippen LogP) is 3.68. The van der Waals surface area contributed by atoms with Gasteiger partial charge in [-0.2, -0.15) is 0 Å². The van der Waals surface area contributed by atoms with Crippen LogP contribution >= 0.6 is 11.6 Å². The Morgan fingerprint density at radius 1 is 1.21 bits per heavy atom. The molecule has 2 unspecified atom stereocenters. The molecule has 1 aromatic rings. The van der Waals surface area contributed by atoms with E-state index in [1.54, 1.807) is 48.4 Å². The van der Waals surface area contributed by atoms with Crippen molar-refractivity contribution in [2.24, 2.45) is 17.8 Å². The lowest BCUT2D eigenvalue weighted by molar-refractivity contribution is -0.153. The van der Waals surface area contributed by atoms with Gasteiger partial charge in [0.15, 0.2) is 0 Å². The minimum absolute atomic E-state index is 0.146. The van der Waals surface area contributed by atoms with Gasteiger partial charge in [-0.25, -0.2) is 0 Å². The highest BCUT2D eigenvalue weighted by atomic mass is 35.5. The smallest absolute Gasteiger partial charge is 0.253 e. The molecule has 2 bridgehead atoms. The summed E-state index contributed by atoms with van der Waals surface area (Å²) in [5.74, 6) is -2.61. The number of benzene rings is 1. The second-order valence-corrected chi connectivity index (χ2v) is 11.7. The predicted molar refractivity (Wildman–Crippen MR) is 151 cm³/mol. The Balaban J connectivity index is 1.90. The molecular weight excluding hydrogens is 518 g/mol. The summed E-state index contributed by atoms with van der Waals surface area (Å²) in [7, 11) is 1.69. The third-order valence-electron chi connectivity index (χ3n) is 8.93. The summed E-state index contributed by atoms with van der Waals surface area (Å²) in [5.41, 5.74) is -1.56. The van der Waals surface area contributed by atoms with Crippen molar-refractivity contribution in [1.82, 2.24) is 9.80 Å². The molecular formula is C30H40ClN3O5. The van der Waals surface area contributed by atoms with Crippen LogP contribution in [-0.4, -0.2) is 82.7 Å². The number of carbonyl (C=O) groups excluding carboxylic acids is 3. The lowest BCUT2D eigenvalue weighted by Gasteiger charge is -2.41. The minimum Gasteiger partial charge on any atom is -0.394 e. The van der Waals surface area contributed by atoms with E-state index >= 15 is 0 Å². The monoisotopic (exact) mass is 557 g/mol. The van der Waals surface area contributed by atoms with Crippen molar-refractivity contribution in [3.05, 3.63) is 54.6 Å². The average molecular weight is 558 g/mol. The minimum atomic E-state index is -1.21. The molecule has 1 spiro atoms. The fourth-order valence-corrected chi connectivity index (χ4v) is 7.30. The van der Waals surface area contributed by atoms with E-state index in [4.69, 9.17) is 16.3 Å². The highest BCUT2D eigenvalue weighted by Crippen LogP contribution is 2.65. The Kier molecular flexibility index (Phi) is 8.31. The van der Waals surface area contributed by atoms with Crippen molar-refractivity contribution >= 4 is 35.0 Å². The summed E-state index contributed by atoms with van der Waals surface area (Å²) in [6.07, 6.45) is 4.81. The van der Waals surface area contributed by atoms with Gasteiger partial charge in [-0.05, 0) is 37.3 Å². The fourth-order valence-electron chi connectivity index (χ4n) is 7.06. The molecule has 0 saturated carbocycles. The van der Waals surface area contributed by atoms with Gasteiger partial charge in [0.2, 0.25) is 11.8 Å². The number of hydrogen-bond acceptors (Lipinski definition) is 5. The van der Waals surface area contributed by atoms with Crippen LogP contribution in [0.2, 0.25) is 5.02 Å². The molecule has 3 aliphatic rings. The van der Waals surface area contributed by atoms with Gasteiger partial charge in [-0.15, -0.1) is 13.2 Å². The molecule has 3 heterocycles. The quantitative estimate of drug-likeness (QED) is 0.419. The van der Waals surface area contributed by atoms with Crippen LogP contribution < -0.4 is 4.90 Å². The molecule has 1 aromatic carbocycles. The Hall–Kier alpha value is -2.68. The first-order valence-electron chi connectivity index (χ1n) is 13.7. The number of likely N-dealkylation sites (N-methyl/N-ethyl adjacent to an activating group) is 1. The van der Waals surface area contributed by atoms with Crippen LogP contribution in [0.5, 0.6) is 0 Å². The van der Waals surface area contributed by atoms with Gasteiger partial charge in [-0.1, -0.05) is 56.7 Å². The Morgan fingerprint density at radius 3 is 2.44 bits per heavy atom. The highest BCUT2D eigenvalue weighted by molar-refractivity contribution is 6.34. The number of nitrogens with zero attached hydrogens (tertiary/aromatic N) is 3. The van der Waals surface area contributed by atoms with Gasteiger partial charge in [0.1, 0.15) is 11.6 Å². The van der Waals surface area contributed by atoms with Gasteiger partial charge >= 0.3 is 0 Å². The topological polar surface area (TPSA) is 90.4 Å². The van der Waals surface area contributed by atoms with Crippen LogP contribution in [0, 0.1) is 17.8 Å². The summed E-state index contributed by atoms with van der Waals surface area (Å²) in [6.45, 7) is 13.5. The highest BCUT2D eigenvalue weighted by Gasteiger charge is 2.79. The number of carbonyl (C=O) groups is 3. The maximum Gasteiger partial charge on any atom is 0.253 e. The van der Waals surface area contributed by atoms with E-state index in [1.807, 2.05) is 20.8 Å². The van der Waals surface area contributed by atoms with Gasteiger partial charge in [-0.3, -0.25) is 14.4 Å². The summed E-state index contributed by atoms with van der Waals surface area (Å²) < 4.78 is 6.86. The Bertz CT molecular complexity index is 1160. The number of fused-ring (bicyclic) bond motifs is 1. The summed E-state index contributed by atoms with van der Waals surface area (Å²) in [4.78, 5) is 47.6. The van der Waals surface area contributed by atoms with Crippen molar-refractivity contribution < 1.29 is 24.2 Å². The van der Waals surface area contributed by atoms with E-state index in [2.05, 4.69) is 13.2 Å². The molecule has 39 heavy (non-hydrogen) atoms. The number of anilines is 1. The molecule has 3 fully saturated rings. The van der Waals surface area contributed by atoms with Gasteiger partial charge in [0.05, 0.1) is 40.8 Å². The number of rotatable bonds is 11. The van der Waals surface area contributed by atoms with Crippen molar-refractivity contribution in [3.63, 3.8) is 0 Å². The third-order valence-corrected chi connectivity index (χ3v) is 9.25. The largest absolute Gasteiger partial charge is 0.394 e. The first-order valence-corrected chi connectivity index (χ1v) is 14.1. The first kappa shape index (κ1) is 29.3. The maximum atomic E-state index is 14.7. The van der Waals surface area contributed by atoms with Crippen LogP contribution in [0.3, 0.4) is 0 Å². The molecule has 3 aliphatic heterocycles. The van der Waals surface area contributed by atoms with Gasteiger partial charge < -0.3 is 24.5 Å². The first-order chi connectivity index (χ1) is 18.5. The fraction of sp³-hybridized carbons (Fsp3) is 0.567. The zero-order valence-electron chi connectivity index (χ0n) is 23.3. The lowest BCUT2D eigenvalue weighted by atomic mass is 9.64. The number of para-hydroxylation sites is 1. The molecule has 0 aliphatic carbocycles. The Labute approximate surface area is 236 Å². The number of halogens is 1. The molecule has 0 aromatic heterocycles. The van der Waals surface area contributed by atoms with Crippen LogP contribution in [-0.2, 0) is 19.1 Å². The van der Waals surface area contributed by atoms with E-state index in [-0.39, 0.29) is 36.8 Å². The number of aliphatic hydroxyl groups excluding tert-OH is 1. The van der Waals surface area contributed by atoms with Crippen LogP contribution in [0.25, 0.3) is 0 Å². The molecule has 9 heteroatoms. The van der Waals surface area contributed by atoms with Crippen molar-refractivity contribution in [2.45, 2.75) is 63.3 Å². The SMILES string of the molecule is C=CCN(C)C(=O)[C@@H]1[C@H]2C(=O)N([C@@H](CO)C(C)C)C(C(=O)N(CC=C)c3ccccc3Cl)C23CC[C@@]1(CC)O3. The van der Waals surface area contributed by atoms with E-state index in [0.29, 0.717) is 36.5 Å². The van der Waals surface area contributed by atoms with Crippen molar-refractivity contribution in [1.29, 1.82) is 0 Å². The molecule has 3 amide bonds. The lowest BCUT2D eigenvalue weighted by Crippen LogP contribution is -2.60. The Morgan fingerprint density at radius 2 is 1.87 bits per heavy atom. The van der Waals surface area contributed by atoms with Gasteiger partial charge in [0, 0.05) is 20.1 Å². The van der Waals surface area contributed by atoms with Crippen molar-refractivity contribution in [3.8, 4) is 0 Å². The molecule has 3 saturated heterocycles. The summed E-state index contributed by atoms with van der Waals surface area (Å²) >= 11 is 6.53. The number of hydrogen-bond donors (Lipinski definition) is 1. The van der Waals surface area contributed by atoms with Gasteiger partial charge in [0.25, 0.3) is 5.91 Å². The second kappa shape index (κ2) is 11.1. The van der Waals surface area contributed by atoms with E-state index in [9.17, 15) is 19.5 Å². The van der Waals surface area contributed by atoms with E-state index in [1.165, 1.54) is 9.80 Å². The average Bonchev–Trinajstić information content (AvgIpc) is 3.51. The number of ether oxygens (including phenoxy) is 1. The summed E-state index contributed by atoms with van der Waals surface area (Å²) in [5, 5.41) is 10.8. The molecule has 6 atom stereocenters. The van der Waals surface area contributed by atoms with E-state index < -0.39 is 35.1 Å². The summed E-state index contributed by atoms with van der Waals surface area (Å²) in [6, 6.07) is 5.36. The number of aliphatic hydroxyl groups is 1. The number of likely N-dealkylation sites (tertiary alicyclic amines) is 1. The van der Waals surface area contributed by atoms with E-state index in [0.717, 1.165) is 0 Å². The zero-order chi connectivity index (χ0) is 28.7. The zero-order valence-corrected chi connectivity index (χ0v) is 24.1. The molecule has 1 N–H and O–H groups in total. The van der Waals surface area contributed by atoms with Crippen LogP contribution in [0.1, 0.15) is 40.0 Å². The normalized spacial score (nSPS) is 29.9. The molecule has 8 nitrogen and oxygen atoms in total. The molecule has 0 radical (unpaired) electrons. The van der Waals surface area contributed by atoms with Crippen LogP contribution in [0.15, 0.2) is 49.6 Å².